The second-order valence-electron chi connectivity index (χ2n) is 5.72. The monoisotopic (exact) mass is 224 g/mol. The van der Waals surface area contributed by atoms with Gasteiger partial charge in [-0.1, -0.05) is 13.8 Å². The molecule has 1 amide bonds. The van der Waals surface area contributed by atoms with Crippen LogP contribution in [0.1, 0.15) is 39.5 Å². The molecule has 0 aromatic rings. The zero-order valence-electron chi connectivity index (χ0n) is 10.5. The van der Waals surface area contributed by atoms with E-state index in [1.165, 1.54) is 25.7 Å². The third kappa shape index (κ3) is 2.76. The lowest BCUT2D eigenvalue weighted by atomic mass is 9.79. The van der Waals surface area contributed by atoms with E-state index in [9.17, 15) is 4.79 Å². The van der Waals surface area contributed by atoms with Crippen molar-refractivity contribution in [1.82, 2.24) is 10.6 Å². The van der Waals surface area contributed by atoms with Crippen LogP contribution in [0.25, 0.3) is 0 Å². The van der Waals surface area contributed by atoms with Gasteiger partial charge in [0.15, 0.2) is 0 Å². The molecule has 1 heterocycles. The van der Waals surface area contributed by atoms with Crippen molar-refractivity contribution in [2.24, 2.45) is 17.8 Å². The Morgan fingerprint density at radius 3 is 2.25 bits per heavy atom. The maximum absolute atomic E-state index is 11.8. The average Bonchev–Trinajstić information content (AvgIpc) is 2.15. The van der Waals surface area contributed by atoms with Crippen LogP contribution in [0.2, 0.25) is 0 Å². The van der Waals surface area contributed by atoms with Gasteiger partial charge >= 0.3 is 0 Å². The van der Waals surface area contributed by atoms with Crippen LogP contribution in [-0.4, -0.2) is 25.0 Å². The first-order chi connectivity index (χ1) is 7.66. The van der Waals surface area contributed by atoms with Crippen LogP contribution in [0, 0.1) is 17.8 Å². The summed E-state index contributed by atoms with van der Waals surface area (Å²) in [5, 5.41) is 6.34. The number of hydrogen-bond acceptors (Lipinski definition) is 2. The summed E-state index contributed by atoms with van der Waals surface area (Å²) < 4.78 is 0. The molecule has 2 aliphatic rings. The molecule has 1 saturated heterocycles. The molecule has 16 heavy (non-hydrogen) atoms. The minimum absolute atomic E-state index is 0.239. The van der Waals surface area contributed by atoms with Gasteiger partial charge < -0.3 is 10.6 Å². The number of amides is 1. The molecule has 0 atom stereocenters. The number of rotatable bonds is 3. The summed E-state index contributed by atoms with van der Waals surface area (Å²) in [7, 11) is 0. The van der Waals surface area contributed by atoms with Crippen LogP contribution >= 0.6 is 0 Å². The molecule has 2 N–H and O–H groups in total. The van der Waals surface area contributed by atoms with E-state index < -0.39 is 0 Å². The van der Waals surface area contributed by atoms with Gasteiger partial charge in [0.25, 0.3) is 0 Å². The molecule has 0 unspecified atom stereocenters. The number of hydrogen-bond donors (Lipinski definition) is 2. The lowest BCUT2D eigenvalue weighted by Gasteiger charge is -2.33. The minimum atomic E-state index is 0.239. The molecule has 0 aromatic carbocycles. The second-order valence-corrected chi connectivity index (χ2v) is 5.72. The van der Waals surface area contributed by atoms with Crippen molar-refractivity contribution in [2.45, 2.75) is 45.6 Å². The highest BCUT2D eigenvalue weighted by Crippen LogP contribution is 2.29. The molecule has 0 bridgehead atoms. The maximum atomic E-state index is 11.8. The number of nitrogens with one attached hydrogen (secondary N) is 2. The van der Waals surface area contributed by atoms with Crippen LogP contribution in [0.5, 0.6) is 0 Å². The highest BCUT2D eigenvalue weighted by atomic mass is 16.2. The van der Waals surface area contributed by atoms with Crippen LogP contribution in [0.15, 0.2) is 0 Å². The van der Waals surface area contributed by atoms with Gasteiger partial charge in [0.2, 0.25) is 5.91 Å². The molecule has 3 heteroatoms. The third-order valence-electron chi connectivity index (χ3n) is 4.21. The van der Waals surface area contributed by atoms with Crippen molar-refractivity contribution < 1.29 is 4.79 Å². The number of carbonyl (C=O) groups excluding carboxylic acids is 1. The van der Waals surface area contributed by atoms with Gasteiger partial charge in [-0.25, -0.2) is 0 Å². The molecule has 0 radical (unpaired) electrons. The summed E-state index contributed by atoms with van der Waals surface area (Å²) >= 11 is 0. The van der Waals surface area contributed by atoms with Gasteiger partial charge in [0.05, 0.1) is 5.92 Å². The third-order valence-corrected chi connectivity index (χ3v) is 4.21. The Kier molecular flexibility index (Phi) is 3.85. The van der Waals surface area contributed by atoms with Crippen molar-refractivity contribution >= 4 is 5.91 Å². The van der Waals surface area contributed by atoms with Gasteiger partial charge in [0, 0.05) is 19.1 Å². The lowest BCUT2D eigenvalue weighted by Crippen LogP contribution is -2.53. The van der Waals surface area contributed by atoms with E-state index in [0.29, 0.717) is 6.04 Å². The fraction of sp³-hybridized carbons (Fsp3) is 0.923. The Morgan fingerprint density at radius 2 is 1.81 bits per heavy atom. The van der Waals surface area contributed by atoms with Crippen molar-refractivity contribution in [3.05, 3.63) is 0 Å². The summed E-state index contributed by atoms with van der Waals surface area (Å²) in [5.74, 6) is 2.18. The fourth-order valence-electron chi connectivity index (χ4n) is 2.72. The van der Waals surface area contributed by atoms with Crippen molar-refractivity contribution in [1.29, 1.82) is 0 Å². The van der Waals surface area contributed by atoms with Gasteiger partial charge in [-0.15, -0.1) is 0 Å². The van der Waals surface area contributed by atoms with Gasteiger partial charge in [-0.2, -0.15) is 0 Å². The molecule has 0 spiro atoms. The van der Waals surface area contributed by atoms with Crippen LogP contribution in [-0.2, 0) is 4.79 Å². The second kappa shape index (κ2) is 5.17. The zero-order valence-corrected chi connectivity index (χ0v) is 10.5. The largest absolute Gasteiger partial charge is 0.353 e. The molecule has 2 rings (SSSR count). The van der Waals surface area contributed by atoms with E-state index in [1.807, 2.05) is 0 Å². The topological polar surface area (TPSA) is 41.1 Å². The lowest BCUT2D eigenvalue weighted by molar-refractivity contribution is -0.127. The van der Waals surface area contributed by atoms with Gasteiger partial charge in [-0.3, -0.25) is 4.79 Å². The Balaban J connectivity index is 1.70. The molecule has 1 saturated carbocycles. The van der Waals surface area contributed by atoms with Gasteiger partial charge in [0.1, 0.15) is 0 Å². The van der Waals surface area contributed by atoms with Crippen molar-refractivity contribution in [3.63, 3.8) is 0 Å². The Morgan fingerprint density at radius 1 is 1.19 bits per heavy atom. The average molecular weight is 224 g/mol. The Bertz CT molecular complexity index is 240. The molecule has 2 fully saturated rings. The normalized spacial score (nSPS) is 31.2. The Hall–Kier alpha value is -0.570. The summed E-state index contributed by atoms with van der Waals surface area (Å²) in [6.45, 7) is 6.35. The van der Waals surface area contributed by atoms with Crippen LogP contribution < -0.4 is 10.6 Å². The number of carbonyl (C=O) groups is 1. The maximum Gasteiger partial charge on any atom is 0.225 e. The van der Waals surface area contributed by atoms with E-state index >= 15 is 0 Å². The molecule has 3 nitrogen and oxygen atoms in total. The fourth-order valence-corrected chi connectivity index (χ4v) is 2.72. The van der Waals surface area contributed by atoms with Crippen LogP contribution in [0.4, 0.5) is 0 Å². The predicted molar refractivity (Wildman–Crippen MR) is 65.1 cm³/mol. The van der Waals surface area contributed by atoms with Crippen LogP contribution in [0.3, 0.4) is 0 Å². The van der Waals surface area contributed by atoms with E-state index in [-0.39, 0.29) is 11.8 Å². The minimum Gasteiger partial charge on any atom is -0.353 e. The molecular weight excluding hydrogens is 200 g/mol. The van der Waals surface area contributed by atoms with E-state index in [0.717, 1.165) is 24.9 Å². The van der Waals surface area contributed by atoms with E-state index in [1.54, 1.807) is 0 Å². The Labute approximate surface area is 98.4 Å². The summed E-state index contributed by atoms with van der Waals surface area (Å²) in [5.41, 5.74) is 0. The van der Waals surface area contributed by atoms with Gasteiger partial charge in [-0.05, 0) is 37.5 Å². The standard InChI is InChI=1S/C13H24N2O/c1-9(2)10-3-5-12(6-4-10)15-13(16)11-7-14-8-11/h9-12,14H,3-8H2,1-2H3,(H,15,16). The molecule has 92 valence electrons. The SMILES string of the molecule is CC(C)C1CCC(NC(=O)C2CNC2)CC1. The molecular formula is C13H24N2O. The molecule has 1 aliphatic carbocycles. The van der Waals surface area contributed by atoms with Crippen molar-refractivity contribution in [3.8, 4) is 0 Å². The van der Waals surface area contributed by atoms with Crippen molar-refractivity contribution in [2.75, 3.05) is 13.1 Å². The van der Waals surface area contributed by atoms with E-state index in [4.69, 9.17) is 0 Å². The highest BCUT2D eigenvalue weighted by Gasteiger charge is 2.29. The summed E-state index contributed by atoms with van der Waals surface area (Å²) in [6.07, 6.45) is 4.92. The van der Waals surface area contributed by atoms with E-state index in [2.05, 4.69) is 24.5 Å². The molecule has 0 aromatic heterocycles. The first-order valence-corrected chi connectivity index (χ1v) is 6.68. The highest BCUT2D eigenvalue weighted by molar-refractivity contribution is 5.80. The summed E-state index contributed by atoms with van der Waals surface area (Å²) in [6, 6.07) is 0.447. The predicted octanol–water partition coefficient (Wildman–Crippen LogP) is 1.54. The zero-order chi connectivity index (χ0) is 11.5. The quantitative estimate of drug-likeness (QED) is 0.763. The molecule has 1 aliphatic heterocycles. The smallest absolute Gasteiger partial charge is 0.225 e. The summed E-state index contributed by atoms with van der Waals surface area (Å²) in [4.78, 5) is 11.8. The first kappa shape index (κ1) is 11.9. The first-order valence-electron chi connectivity index (χ1n) is 6.68.